The number of rotatable bonds is 6. The highest BCUT2D eigenvalue weighted by Gasteiger charge is 2.30. The summed E-state index contributed by atoms with van der Waals surface area (Å²) < 4.78 is 64.5. The van der Waals surface area contributed by atoms with Gasteiger partial charge in [-0.15, -0.1) is 0 Å². The Morgan fingerprint density at radius 2 is 1.58 bits per heavy atom. The molecule has 0 radical (unpaired) electrons. The van der Waals surface area contributed by atoms with Crippen molar-refractivity contribution in [3.8, 4) is 0 Å². The number of sulfonamides is 1. The first-order valence-electron chi connectivity index (χ1n) is 7.42. The third-order valence-corrected chi connectivity index (χ3v) is 5.16. The van der Waals surface area contributed by atoms with Crippen LogP contribution in [0.3, 0.4) is 0 Å². The van der Waals surface area contributed by atoms with Gasteiger partial charge in [0.05, 0.1) is 10.5 Å². The Labute approximate surface area is 139 Å². The molecular weight excluding hydrogens is 339 g/mol. The lowest BCUT2D eigenvalue weighted by molar-refractivity contribution is -0.137. The lowest BCUT2D eigenvalue weighted by Crippen LogP contribution is -2.33. The van der Waals surface area contributed by atoms with Crippen molar-refractivity contribution in [3.05, 3.63) is 65.7 Å². The molecule has 1 N–H and O–H groups in total. The van der Waals surface area contributed by atoms with Gasteiger partial charge in [0.2, 0.25) is 10.0 Å². The Morgan fingerprint density at radius 3 is 2.12 bits per heavy atom. The molecule has 2 aromatic carbocycles. The molecule has 0 aliphatic heterocycles. The highest BCUT2D eigenvalue weighted by atomic mass is 32.2. The van der Waals surface area contributed by atoms with Gasteiger partial charge >= 0.3 is 6.18 Å². The van der Waals surface area contributed by atoms with Gasteiger partial charge in [0, 0.05) is 6.04 Å². The summed E-state index contributed by atoms with van der Waals surface area (Å²) in [5, 5.41) is 0. The van der Waals surface area contributed by atoms with Gasteiger partial charge in [0.1, 0.15) is 0 Å². The number of alkyl halides is 3. The third kappa shape index (κ3) is 5.07. The Balaban J connectivity index is 1.99. The fourth-order valence-electron chi connectivity index (χ4n) is 2.24. The van der Waals surface area contributed by atoms with Crippen LogP contribution in [0.15, 0.2) is 59.5 Å². The fraction of sp³-hybridized carbons (Fsp3) is 0.294. The average molecular weight is 357 g/mol. The van der Waals surface area contributed by atoms with E-state index in [1.165, 1.54) is 0 Å². The highest BCUT2D eigenvalue weighted by Crippen LogP contribution is 2.29. The second-order valence-corrected chi connectivity index (χ2v) is 7.28. The predicted molar refractivity (Wildman–Crippen MR) is 86.0 cm³/mol. The van der Waals surface area contributed by atoms with Crippen molar-refractivity contribution in [3.63, 3.8) is 0 Å². The van der Waals surface area contributed by atoms with E-state index in [4.69, 9.17) is 0 Å². The first-order valence-corrected chi connectivity index (χ1v) is 8.90. The molecule has 0 spiro atoms. The van der Waals surface area contributed by atoms with Crippen LogP contribution in [0, 0.1) is 0 Å². The van der Waals surface area contributed by atoms with Crippen molar-refractivity contribution >= 4 is 10.0 Å². The standard InChI is InChI=1S/C17H18F3NO2S/c1-13(7-8-14-5-3-2-4-6-14)21-24(22,23)16-11-9-15(10-12-16)17(18,19)20/h2-6,9-13,21H,7-8H2,1H3. The minimum Gasteiger partial charge on any atom is -0.208 e. The monoisotopic (exact) mass is 357 g/mol. The largest absolute Gasteiger partial charge is 0.416 e. The van der Waals surface area contributed by atoms with E-state index >= 15 is 0 Å². The molecule has 0 aliphatic carbocycles. The van der Waals surface area contributed by atoms with E-state index in [1.807, 2.05) is 30.3 Å². The molecule has 2 rings (SSSR count). The summed E-state index contributed by atoms with van der Waals surface area (Å²) >= 11 is 0. The van der Waals surface area contributed by atoms with Gasteiger partial charge in [-0.05, 0) is 49.6 Å². The topological polar surface area (TPSA) is 46.2 Å². The van der Waals surface area contributed by atoms with Crippen molar-refractivity contribution in [2.45, 2.75) is 36.9 Å². The molecule has 0 amide bonds. The molecule has 0 saturated carbocycles. The molecule has 24 heavy (non-hydrogen) atoms. The maximum atomic E-state index is 12.5. The van der Waals surface area contributed by atoms with E-state index < -0.39 is 21.8 Å². The Morgan fingerprint density at radius 1 is 1.00 bits per heavy atom. The van der Waals surface area contributed by atoms with Gasteiger partial charge in [0.25, 0.3) is 0 Å². The molecule has 0 aromatic heterocycles. The maximum absolute atomic E-state index is 12.5. The molecule has 3 nitrogen and oxygen atoms in total. The summed E-state index contributed by atoms with van der Waals surface area (Å²) in [5.41, 5.74) is 0.219. The third-order valence-electron chi connectivity index (χ3n) is 3.56. The molecule has 0 aliphatic rings. The Hall–Kier alpha value is -1.86. The van der Waals surface area contributed by atoms with Crippen molar-refractivity contribution in [2.24, 2.45) is 0 Å². The van der Waals surface area contributed by atoms with Crippen molar-refractivity contribution < 1.29 is 21.6 Å². The number of hydrogen-bond acceptors (Lipinski definition) is 2. The zero-order chi connectivity index (χ0) is 17.8. The van der Waals surface area contributed by atoms with Gasteiger partial charge in [-0.3, -0.25) is 0 Å². The number of hydrogen-bond donors (Lipinski definition) is 1. The zero-order valence-corrected chi connectivity index (χ0v) is 13.9. The number of nitrogens with one attached hydrogen (secondary N) is 1. The molecule has 0 bridgehead atoms. The smallest absolute Gasteiger partial charge is 0.208 e. The zero-order valence-electron chi connectivity index (χ0n) is 13.0. The number of benzene rings is 2. The van der Waals surface area contributed by atoms with Gasteiger partial charge in [0.15, 0.2) is 0 Å². The first-order chi connectivity index (χ1) is 11.2. The highest BCUT2D eigenvalue weighted by molar-refractivity contribution is 7.89. The van der Waals surface area contributed by atoms with E-state index in [0.717, 1.165) is 29.8 Å². The SMILES string of the molecule is CC(CCc1ccccc1)NS(=O)(=O)c1ccc(C(F)(F)F)cc1. The Bertz CT molecular complexity index is 757. The summed E-state index contributed by atoms with van der Waals surface area (Å²) in [6.07, 6.45) is -3.19. The van der Waals surface area contributed by atoms with Crippen LogP contribution < -0.4 is 4.72 Å². The van der Waals surface area contributed by atoms with Crippen molar-refractivity contribution in [2.75, 3.05) is 0 Å². The molecule has 130 valence electrons. The molecule has 0 heterocycles. The van der Waals surface area contributed by atoms with Crippen LogP contribution in [0.1, 0.15) is 24.5 Å². The number of halogens is 3. The van der Waals surface area contributed by atoms with E-state index in [9.17, 15) is 21.6 Å². The molecule has 1 atom stereocenters. The molecule has 0 saturated heterocycles. The van der Waals surface area contributed by atoms with Gasteiger partial charge < -0.3 is 0 Å². The summed E-state index contributed by atoms with van der Waals surface area (Å²) in [7, 11) is -3.84. The van der Waals surface area contributed by atoms with Crippen LogP contribution in [0.2, 0.25) is 0 Å². The van der Waals surface area contributed by atoms with Crippen LogP contribution in [0.4, 0.5) is 13.2 Å². The summed E-state index contributed by atoms with van der Waals surface area (Å²) in [4.78, 5) is -0.179. The van der Waals surface area contributed by atoms with Gasteiger partial charge in [-0.2, -0.15) is 13.2 Å². The van der Waals surface area contributed by atoms with Crippen LogP contribution in [0.25, 0.3) is 0 Å². The summed E-state index contributed by atoms with van der Waals surface area (Å²) in [5.74, 6) is 0. The molecule has 0 fully saturated rings. The second kappa shape index (κ2) is 7.36. The fourth-order valence-corrected chi connectivity index (χ4v) is 3.52. The lowest BCUT2D eigenvalue weighted by Gasteiger charge is -2.15. The Kier molecular flexibility index (Phi) is 5.66. The second-order valence-electron chi connectivity index (χ2n) is 5.57. The predicted octanol–water partition coefficient (Wildman–Crippen LogP) is 4.01. The van der Waals surface area contributed by atoms with Gasteiger partial charge in [-0.25, -0.2) is 13.1 Å². The quantitative estimate of drug-likeness (QED) is 0.849. The minimum atomic E-state index is -4.49. The minimum absolute atomic E-state index is 0.179. The number of aryl methyl sites for hydroxylation is 1. The lowest BCUT2D eigenvalue weighted by atomic mass is 10.1. The van der Waals surface area contributed by atoms with Crippen LogP contribution in [-0.4, -0.2) is 14.5 Å². The molecular formula is C17H18F3NO2S. The normalized spacial score (nSPS) is 13.7. The average Bonchev–Trinajstić information content (AvgIpc) is 2.53. The first kappa shape index (κ1) is 18.5. The van der Waals surface area contributed by atoms with Crippen LogP contribution >= 0.6 is 0 Å². The van der Waals surface area contributed by atoms with Crippen molar-refractivity contribution in [1.82, 2.24) is 4.72 Å². The van der Waals surface area contributed by atoms with Crippen molar-refractivity contribution in [1.29, 1.82) is 0 Å². The van der Waals surface area contributed by atoms with Gasteiger partial charge in [-0.1, -0.05) is 30.3 Å². The summed E-state index contributed by atoms with van der Waals surface area (Å²) in [6, 6.07) is 12.8. The van der Waals surface area contributed by atoms with Crippen LogP contribution in [0.5, 0.6) is 0 Å². The summed E-state index contributed by atoms with van der Waals surface area (Å²) in [6.45, 7) is 1.73. The van der Waals surface area contributed by atoms with E-state index in [0.29, 0.717) is 12.8 Å². The van der Waals surface area contributed by atoms with E-state index in [-0.39, 0.29) is 10.9 Å². The van der Waals surface area contributed by atoms with E-state index in [1.54, 1.807) is 6.92 Å². The van der Waals surface area contributed by atoms with E-state index in [2.05, 4.69) is 4.72 Å². The maximum Gasteiger partial charge on any atom is 0.416 e. The molecule has 2 aromatic rings. The molecule has 1 unspecified atom stereocenters. The molecule has 7 heteroatoms. The van der Waals surface area contributed by atoms with Crippen LogP contribution in [-0.2, 0) is 22.6 Å².